The summed E-state index contributed by atoms with van der Waals surface area (Å²) < 4.78 is 5.40. The number of nitrogens with one attached hydrogen (secondary N) is 3. The molecule has 1 aromatic carbocycles. The molecule has 34 heavy (non-hydrogen) atoms. The van der Waals surface area contributed by atoms with E-state index in [1.165, 1.54) is 18.3 Å². The van der Waals surface area contributed by atoms with Gasteiger partial charge in [0, 0.05) is 25.6 Å². The number of rotatable bonds is 11. The minimum absolute atomic E-state index is 0.0954. The standard InChI is InChI=1S/C25H33N5O4/c1-18(2)14-21(25(32)28-15-19-8-4-3-5-9-19)29-22-17-26-20(16-27-22)11-12-23(31)30-34-24-10-6-7-13-33-24/h3-5,8-9,11-12,16-18,21,24H,6-7,10,13-15H2,1-2H3,(H,27,29)(H,28,32)(H,30,31)/t21-,24?/m1/s1. The zero-order chi connectivity index (χ0) is 24.2. The Hall–Kier alpha value is -3.30. The van der Waals surface area contributed by atoms with E-state index in [1.807, 2.05) is 30.3 Å². The highest BCUT2D eigenvalue weighted by atomic mass is 16.8. The van der Waals surface area contributed by atoms with Gasteiger partial charge in [-0.25, -0.2) is 15.3 Å². The Morgan fingerprint density at radius 2 is 2.00 bits per heavy atom. The molecule has 1 fully saturated rings. The summed E-state index contributed by atoms with van der Waals surface area (Å²) in [5.41, 5.74) is 3.90. The number of amides is 2. The fraction of sp³-hybridized carbons (Fsp3) is 0.440. The van der Waals surface area contributed by atoms with Crippen molar-refractivity contribution in [2.75, 3.05) is 11.9 Å². The van der Waals surface area contributed by atoms with Gasteiger partial charge in [-0.3, -0.25) is 14.6 Å². The number of ether oxygens (including phenoxy) is 1. The molecule has 1 aliphatic rings. The number of hydroxylamine groups is 1. The van der Waals surface area contributed by atoms with Gasteiger partial charge in [0.05, 0.1) is 18.1 Å². The molecule has 2 aromatic rings. The molecule has 3 rings (SSSR count). The van der Waals surface area contributed by atoms with E-state index >= 15 is 0 Å². The van der Waals surface area contributed by atoms with E-state index in [4.69, 9.17) is 9.57 Å². The second-order valence-corrected chi connectivity index (χ2v) is 8.57. The molecule has 1 aromatic heterocycles. The van der Waals surface area contributed by atoms with Crippen molar-refractivity contribution in [1.82, 2.24) is 20.8 Å². The maximum atomic E-state index is 12.8. The molecule has 0 radical (unpaired) electrons. The monoisotopic (exact) mass is 467 g/mol. The second-order valence-electron chi connectivity index (χ2n) is 8.57. The van der Waals surface area contributed by atoms with Crippen molar-refractivity contribution in [3.05, 3.63) is 60.1 Å². The van der Waals surface area contributed by atoms with E-state index < -0.39 is 18.2 Å². The lowest BCUT2D eigenvalue weighted by Gasteiger charge is -2.21. The zero-order valence-electron chi connectivity index (χ0n) is 19.7. The SMILES string of the molecule is CC(C)C[C@@H](Nc1cnc(C=CC(=O)NOC2CCCCO2)cn1)C(=O)NCc1ccccc1. The molecule has 2 atom stereocenters. The Labute approximate surface area is 200 Å². The van der Waals surface area contributed by atoms with Crippen LogP contribution in [0.3, 0.4) is 0 Å². The summed E-state index contributed by atoms with van der Waals surface area (Å²) in [5.74, 6) is 0.293. The van der Waals surface area contributed by atoms with Gasteiger partial charge in [-0.1, -0.05) is 44.2 Å². The summed E-state index contributed by atoms with van der Waals surface area (Å²) >= 11 is 0. The molecule has 1 unspecified atom stereocenters. The quantitative estimate of drug-likeness (QED) is 0.343. The molecule has 2 amide bonds. The number of benzene rings is 1. The normalized spacial score (nSPS) is 16.9. The first kappa shape index (κ1) is 25.3. The predicted octanol–water partition coefficient (Wildman–Crippen LogP) is 3.21. The molecule has 1 saturated heterocycles. The second kappa shape index (κ2) is 13.4. The van der Waals surface area contributed by atoms with Gasteiger partial charge in [-0.05, 0) is 36.8 Å². The van der Waals surface area contributed by atoms with Crippen LogP contribution in [0.2, 0.25) is 0 Å². The number of carbonyl (C=O) groups is 2. The van der Waals surface area contributed by atoms with Crippen molar-refractivity contribution in [2.45, 2.75) is 58.4 Å². The van der Waals surface area contributed by atoms with Gasteiger partial charge in [-0.15, -0.1) is 0 Å². The maximum Gasteiger partial charge on any atom is 0.267 e. The van der Waals surface area contributed by atoms with Crippen LogP contribution in [0.5, 0.6) is 0 Å². The number of aromatic nitrogens is 2. The summed E-state index contributed by atoms with van der Waals surface area (Å²) in [5, 5.41) is 6.15. The highest BCUT2D eigenvalue weighted by Crippen LogP contribution is 2.13. The summed E-state index contributed by atoms with van der Waals surface area (Å²) in [6.45, 7) is 5.23. The van der Waals surface area contributed by atoms with Crippen molar-refractivity contribution in [3.8, 4) is 0 Å². The Bertz CT molecular complexity index is 928. The lowest BCUT2D eigenvalue weighted by Crippen LogP contribution is -2.40. The number of hydrogen-bond acceptors (Lipinski definition) is 7. The van der Waals surface area contributed by atoms with Gasteiger partial charge in [0.25, 0.3) is 5.91 Å². The first-order valence-electron chi connectivity index (χ1n) is 11.6. The highest BCUT2D eigenvalue weighted by molar-refractivity contribution is 5.90. The molecule has 0 spiro atoms. The lowest BCUT2D eigenvalue weighted by molar-refractivity contribution is -0.198. The molecule has 2 heterocycles. The smallest absolute Gasteiger partial charge is 0.267 e. The van der Waals surface area contributed by atoms with E-state index in [2.05, 4.69) is 39.9 Å². The molecule has 9 heteroatoms. The van der Waals surface area contributed by atoms with Crippen molar-refractivity contribution in [1.29, 1.82) is 0 Å². The topological polar surface area (TPSA) is 114 Å². The Balaban J connectivity index is 1.50. The highest BCUT2D eigenvalue weighted by Gasteiger charge is 2.20. The van der Waals surface area contributed by atoms with Crippen LogP contribution in [0.1, 0.15) is 50.8 Å². The Morgan fingerprint density at radius 3 is 2.68 bits per heavy atom. The van der Waals surface area contributed by atoms with Crippen LogP contribution in [0.15, 0.2) is 48.8 Å². The van der Waals surface area contributed by atoms with Crippen LogP contribution in [0.4, 0.5) is 5.82 Å². The van der Waals surface area contributed by atoms with Crippen molar-refractivity contribution < 1.29 is 19.2 Å². The minimum atomic E-state index is -0.440. The van der Waals surface area contributed by atoms with Gasteiger partial charge in [0.1, 0.15) is 11.9 Å². The molecule has 0 aliphatic carbocycles. The summed E-state index contributed by atoms with van der Waals surface area (Å²) in [6, 6.07) is 9.33. The largest absolute Gasteiger partial charge is 0.357 e. The minimum Gasteiger partial charge on any atom is -0.357 e. The lowest BCUT2D eigenvalue weighted by atomic mass is 10.0. The molecule has 9 nitrogen and oxygen atoms in total. The molecule has 0 saturated carbocycles. The van der Waals surface area contributed by atoms with E-state index in [0.29, 0.717) is 37.0 Å². The molecular weight excluding hydrogens is 434 g/mol. The van der Waals surface area contributed by atoms with E-state index in [0.717, 1.165) is 24.8 Å². The summed E-state index contributed by atoms with van der Waals surface area (Å²) in [6.07, 6.45) is 8.95. The molecular formula is C25H33N5O4. The third-order valence-corrected chi connectivity index (χ3v) is 5.16. The van der Waals surface area contributed by atoms with E-state index in [-0.39, 0.29) is 5.91 Å². The van der Waals surface area contributed by atoms with Crippen molar-refractivity contribution in [3.63, 3.8) is 0 Å². The molecule has 3 N–H and O–H groups in total. The van der Waals surface area contributed by atoms with Crippen LogP contribution in [0.25, 0.3) is 6.08 Å². The Kier molecular flexibility index (Phi) is 9.99. The predicted molar refractivity (Wildman–Crippen MR) is 129 cm³/mol. The number of hydrogen-bond donors (Lipinski definition) is 3. The van der Waals surface area contributed by atoms with Gasteiger partial charge in [0.15, 0.2) is 6.29 Å². The third kappa shape index (κ3) is 8.92. The van der Waals surface area contributed by atoms with Crippen LogP contribution in [0, 0.1) is 5.92 Å². The van der Waals surface area contributed by atoms with Crippen LogP contribution >= 0.6 is 0 Å². The van der Waals surface area contributed by atoms with Crippen LogP contribution in [-0.4, -0.2) is 40.7 Å². The number of anilines is 1. The van der Waals surface area contributed by atoms with Gasteiger partial charge in [-0.2, -0.15) is 0 Å². The van der Waals surface area contributed by atoms with Crippen LogP contribution < -0.4 is 16.1 Å². The van der Waals surface area contributed by atoms with E-state index in [9.17, 15) is 9.59 Å². The average molecular weight is 468 g/mol. The molecule has 0 bridgehead atoms. The van der Waals surface area contributed by atoms with Gasteiger partial charge < -0.3 is 15.4 Å². The number of nitrogens with zero attached hydrogens (tertiary/aromatic N) is 2. The fourth-order valence-electron chi connectivity index (χ4n) is 3.41. The number of carbonyl (C=O) groups excluding carboxylic acids is 2. The third-order valence-electron chi connectivity index (χ3n) is 5.16. The zero-order valence-corrected chi connectivity index (χ0v) is 19.7. The molecule has 182 valence electrons. The fourth-order valence-corrected chi connectivity index (χ4v) is 3.41. The summed E-state index contributed by atoms with van der Waals surface area (Å²) in [4.78, 5) is 38.6. The first-order valence-corrected chi connectivity index (χ1v) is 11.6. The van der Waals surface area contributed by atoms with Gasteiger partial charge >= 0.3 is 0 Å². The summed E-state index contributed by atoms with van der Waals surface area (Å²) in [7, 11) is 0. The first-order chi connectivity index (χ1) is 16.5. The maximum absolute atomic E-state index is 12.8. The van der Waals surface area contributed by atoms with Crippen molar-refractivity contribution >= 4 is 23.7 Å². The van der Waals surface area contributed by atoms with Crippen molar-refractivity contribution in [2.24, 2.45) is 5.92 Å². The molecule has 1 aliphatic heterocycles. The van der Waals surface area contributed by atoms with Crippen LogP contribution in [-0.2, 0) is 25.7 Å². The van der Waals surface area contributed by atoms with E-state index in [1.54, 1.807) is 6.20 Å². The Morgan fingerprint density at radius 1 is 1.18 bits per heavy atom. The average Bonchev–Trinajstić information content (AvgIpc) is 2.86. The van der Waals surface area contributed by atoms with Gasteiger partial charge in [0.2, 0.25) is 5.91 Å².